The second kappa shape index (κ2) is 8.74. The maximum Gasteiger partial charge on any atom is 0.264 e. The average Bonchev–Trinajstić information content (AvgIpc) is 3.33. The van der Waals surface area contributed by atoms with Crippen LogP contribution in [-0.4, -0.2) is 22.6 Å². The quantitative estimate of drug-likeness (QED) is 0.224. The molecule has 0 aliphatic carbocycles. The molecule has 0 amide bonds. The lowest BCUT2D eigenvalue weighted by atomic mass is 9.79. The summed E-state index contributed by atoms with van der Waals surface area (Å²) in [6.45, 7) is 4.63. The van der Waals surface area contributed by atoms with Crippen LogP contribution in [0.2, 0.25) is 0 Å². The van der Waals surface area contributed by atoms with E-state index in [2.05, 4.69) is 97.7 Å². The summed E-state index contributed by atoms with van der Waals surface area (Å²) in [7, 11) is 1.76. The third kappa shape index (κ3) is 3.70. The van der Waals surface area contributed by atoms with E-state index in [-0.39, 0.29) is 11.0 Å². The molecule has 0 saturated carbocycles. The van der Waals surface area contributed by atoms with Gasteiger partial charge in [0.2, 0.25) is 0 Å². The molecule has 0 saturated heterocycles. The highest BCUT2D eigenvalue weighted by Gasteiger charge is 2.21. The fraction of sp³-hybridized carbons (Fsp3) is 0.171. The molecule has 39 heavy (non-hydrogen) atoms. The van der Waals surface area contributed by atoms with E-state index in [9.17, 15) is 4.79 Å². The maximum absolute atomic E-state index is 13.8. The molecule has 0 aliphatic rings. The van der Waals surface area contributed by atoms with E-state index in [0.717, 1.165) is 56.4 Å². The van der Waals surface area contributed by atoms with Crippen LogP contribution in [-0.2, 0) is 11.8 Å². The first kappa shape index (κ1) is 23.5. The Bertz CT molecular complexity index is 2120. The number of hydrogen-bond donors (Lipinski definition) is 0. The molecule has 0 atom stereocenters. The van der Waals surface area contributed by atoms with Crippen molar-refractivity contribution in [2.75, 3.05) is 7.05 Å². The van der Waals surface area contributed by atoms with Gasteiger partial charge >= 0.3 is 0 Å². The van der Waals surface area contributed by atoms with E-state index in [0.29, 0.717) is 11.0 Å². The maximum atomic E-state index is 13.8. The van der Waals surface area contributed by atoms with E-state index in [4.69, 9.17) is 4.98 Å². The smallest absolute Gasteiger partial charge is 0.264 e. The Morgan fingerprint density at radius 3 is 2.49 bits per heavy atom. The van der Waals surface area contributed by atoms with Crippen molar-refractivity contribution in [3.8, 4) is 0 Å². The summed E-state index contributed by atoms with van der Waals surface area (Å²) >= 11 is 0. The molecule has 4 nitrogen and oxygen atoms in total. The molecule has 4 heteroatoms. The molecule has 0 radical (unpaired) electrons. The summed E-state index contributed by atoms with van der Waals surface area (Å²) in [4.78, 5) is 23.0. The first-order valence-corrected chi connectivity index (χ1v) is 13.5. The summed E-state index contributed by atoms with van der Waals surface area (Å²) < 4.78 is 1.79. The zero-order chi connectivity index (χ0) is 26.7. The van der Waals surface area contributed by atoms with Crippen molar-refractivity contribution >= 4 is 55.2 Å². The van der Waals surface area contributed by atoms with Gasteiger partial charge in [0, 0.05) is 35.0 Å². The Kier molecular flexibility index (Phi) is 5.27. The highest BCUT2D eigenvalue weighted by molar-refractivity contribution is 6.19. The summed E-state index contributed by atoms with van der Waals surface area (Å²) in [5.41, 5.74) is 6.15. The number of pyridine rings is 1. The van der Waals surface area contributed by atoms with Crippen LogP contribution in [0.15, 0.2) is 101 Å². The average molecular weight is 508 g/mol. The van der Waals surface area contributed by atoms with Crippen LogP contribution >= 0.6 is 0 Å². The number of aryl methyl sites for hydroxylation is 1. The monoisotopic (exact) mass is 507 g/mol. The number of imidazole rings is 1. The fourth-order valence-electron chi connectivity index (χ4n) is 6.07. The van der Waals surface area contributed by atoms with Gasteiger partial charge in [0.25, 0.3) is 5.56 Å². The molecule has 0 fully saturated rings. The molecule has 0 spiro atoms. The number of aliphatic imine (C=N–C) groups is 1. The Morgan fingerprint density at radius 1 is 0.846 bits per heavy atom. The first-order chi connectivity index (χ1) is 18.9. The molecule has 0 bridgehead atoms. The number of benzene rings is 5. The number of hydrogen-bond acceptors (Lipinski definition) is 3. The molecule has 7 aromatic rings. The van der Waals surface area contributed by atoms with Crippen molar-refractivity contribution in [1.82, 2.24) is 9.38 Å². The minimum atomic E-state index is -0.0321. The van der Waals surface area contributed by atoms with Gasteiger partial charge in [0.05, 0.1) is 11.0 Å². The van der Waals surface area contributed by atoms with Gasteiger partial charge in [-0.3, -0.25) is 14.2 Å². The lowest BCUT2D eigenvalue weighted by molar-refractivity contribution is 0.480. The molecular weight excluding hydrogens is 478 g/mol. The SMILES string of the molecule is C/N=C/c1ccc2c3c1cccc3c(=O)n1c3cc4ccc(CCC(C)(C)c5ccccc5)cc4cc3nc21. The van der Waals surface area contributed by atoms with Crippen molar-refractivity contribution in [2.45, 2.75) is 32.1 Å². The van der Waals surface area contributed by atoms with Crippen LogP contribution in [0, 0.1) is 0 Å². The highest BCUT2D eigenvalue weighted by atomic mass is 16.1. The van der Waals surface area contributed by atoms with Crippen LogP contribution < -0.4 is 5.56 Å². The third-order valence-corrected chi connectivity index (χ3v) is 8.29. The minimum Gasteiger partial charge on any atom is -0.296 e. The predicted octanol–water partition coefficient (Wildman–Crippen LogP) is 7.70. The molecule has 2 heterocycles. The predicted molar refractivity (Wildman–Crippen MR) is 164 cm³/mol. The molecule has 2 aromatic heterocycles. The van der Waals surface area contributed by atoms with Gasteiger partial charge in [-0.25, -0.2) is 4.98 Å². The van der Waals surface area contributed by atoms with Crippen LogP contribution in [0.5, 0.6) is 0 Å². The highest BCUT2D eigenvalue weighted by Crippen LogP contribution is 2.33. The van der Waals surface area contributed by atoms with E-state index < -0.39 is 0 Å². The van der Waals surface area contributed by atoms with E-state index in [1.54, 1.807) is 11.4 Å². The molecule has 7 rings (SSSR count). The molecule has 0 unspecified atom stereocenters. The van der Waals surface area contributed by atoms with Gasteiger partial charge in [0.15, 0.2) is 0 Å². The van der Waals surface area contributed by atoms with E-state index >= 15 is 0 Å². The van der Waals surface area contributed by atoms with Crippen LogP contribution in [0.3, 0.4) is 0 Å². The normalized spacial score (nSPS) is 12.7. The van der Waals surface area contributed by atoms with Gasteiger partial charge < -0.3 is 0 Å². The number of rotatable bonds is 5. The van der Waals surface area contributed by atoms with Gasteiger partial charge in [-0.1, -0.05) is 80.6 Å². The summed E-state index contributed by atoms with van der Waals surface area (Å²) in [6.07, 6.45) is 3.90. The van der Waals surface area contributed by atoms with Crippen molar-refractivity contribution in [1.29, 1.82) is 0 Å². The number of aromatic nitrogens is 2. The minimum absolute atomic E-state index is 0.0321. The zero-order valence-corrected chi connectivity index (χ0v) is 22.4. The van der Waals surface area contributed by atoms with Crippen LogP contribution in [0.25, 0.3) is 49.0 Å². The fourth-order valence-corrected chi connectivity index (χ4v) is 6.07. The topological polar surface area (TPSA) is 46.7 Å². The zero-order valence-electron chi connectivity index (χ0n) is 22.4. The van der Waals surface area contributed by atoms with Gasteiger partial charge in [0.1, 0.15) is 5.65 Å². The third-order valence-electron chi connectivity index (χ3n) is 8.29. The number of fused-ring (bicyclic) bond motifs is 5. The first-order valence-electron chi connectivity index (χ1n) is 13.5. The Labute approximate surface area is 226 Å². The second-order valence-corrected chi connectivity index (χ2v) is 11.2. The second-order valence-electron chi connectivity index (χ2n) is 11.2. The molecule has 190 valence electrons. The van der Waals surface area contributed by atoms with Gasteiger partial charge in [-0.05, 0) is 69.8 Å². The molecule has 0 N–H and O–H groups in total. The van der Waals surface area contributed by atoms with Crippen molar-refractivity contribution < 1.29 is 0 Å². The Morgan fingerprint density at radius 2 is 1.67 bits per heavy atom. The largest absolute Gasteiger partial charge is 0.296 e. The number of nitrogens with zero attached hydrogens (tertiary/aromatic N) is 3. The van der Waals surface area contributed by atoms with Crippen molar-refractivity contribution in [3.05, 3.63) is 118 Å². The molecule has 5 aromatic carbocycles. The van der Waals surface area contributed by atoms with Crippen LogP contribution in [0.1, 0.15) is 37.0 Å². The van der Waals surface area contributed by atoms with E-state index in [1.165, 1.54) is 11.1 Å². The van der Waals surface area contributed by atoms with Crippen LogP contribution in [0.4, 0.5) is 0 Å². The summed E-state index contributed by atoms with van der Waals surface area (Å²) in [5, 5.41) is 5.93. The Hall–Kier alpha value is -4.57. The molecular formula is C35H29N3O. The summed E-state index contributed by atoms with van der Waals surface area (Å²) in [5.74, 6) is 0. The lowest BCUT2D eigenvalue weighted by Crippen LogP contribution is -2.17. The standard InChI is InChI=1S/C35H29N3O/c1-35(2,26-8-5-4-6-9-26)17-16-22-12-13-23-20-31-30(19-25(23)18-22)37-33-28-15-14-24(21-36-3)27-10-7-11-29(32(27)28)34(39)38(31)33/h4-15,18-21H,16-17H2,1-3H3/b36-21+. The van der Waals surface area contributed by atoms with Crippen molar-refractivity contribution in [2.24, 2.45) is 4.99 Å². The Balaban J connectivity index is 1.36. The van der Waals surface area contributed by atoms with Gasteiger partial charge in [-0.2, -0.15) is 0 Å². The lowest BCUT2D eigenvalue weighted by Gasteiger charge is -2.25. The summed E-state index contributed by atoms with van der Waals surface area (Å²) in [6, 6.07) is 31.7. The van der Waals surface area contributed by atoms with E-state index in [1.807, 2.05) is 18.3 Å². The molecule has 0 aliphatic heterocycles. The van der Waals surface area contributed by atoms with Gasteiger partial charge in [-0.15, -0.1) is 0 Å². The van der Waals surface area contributed by atoms with Crippen molar-refractivity contribution in [3.63, 3.8) is 0 Å².